The third kappa shape index (κ3) is 3.51. The molecule has 3 rings (SSSR count). The second kappa shape index (κ2) is 6.97. The molecular formula is C18H20N2O5S. The number of hydrogen-bond donors (Lipinski definition) is 3. The second-order valence-corrected chi connectivity index (χ2v) is 8.20. The molecule has 1 aliphatic rings. The maximum Gasteiger partial charge on any atom is 0.259 e. The van der Waals surface area contributed by atoms with E-state index in [0.29, 0.717) is 13.1 Å². The number of rotatable bonds is 4. The first-order valence-corrected chi connectivity index (χ1v) is 9.67. The Morgan fingerprint density at radius 3 is 2.38 bits per heavy atom. The van der Waals surface area contributed by atoms with E-state index in [1.807, 2.05) is 0 Å². The minimum absolute atomic E-state index is 0.000893. The van der Waals surface area contributed by atoms with Gasteiger partial charge in [-0.25, -0.2) is 8.42 Å². The number of carbonyl (C=O) groups excluding carboxylic acids is 1. The topological polar surface area (TPSA) is 107 Å². The number of nitrogens with zero attached hydrogens (tertiary/aromatic N) is 1. The fraction of sp³-hybridized carbons (Fsp3) is 0.278. The summed E-state index contributed by atoms with van der Waals surface area (Å²) < 4.78 is 26.7. The van der Waals surface area contributed by atoms with Gasteiger partial charge in [0.2, 0.25) is 10.0 Å². The van der Waals surface area contributed by atoms with Crippen molar-refractivity contribution in [3.8, 4) is 11.5 Å². The third-order valence-electron chi connectivity index (χ3n) is 4.32. The highest BCUT2D eigenvalue weighted by Gasteiger charge is 2.28. The van der Waals surface area contributed by atoms with Gasteiger partial charge in [0.25, 0.3) is 5.91 Å². The number of carbonyl (C=O) groups is 1. The van der Waals surface area contributed by atoms with E-state index in [9.17, 15) is 23.4 Å². The van der Waals surface area contributed by atoms with Crippen LogP contribution in [0, 0.1) is 6.92 Å². The van der Waals surface area contributed by atoms with E-state index in [-0.39, 0.29) is 27.6 Å². The normalized spacial score (nSPS) is 15.1. The minimum Gasteiger partial charge on any atom is -0.507 e. The van der Waals surface area contributed by atoms with Crippen molar-refractivity contribution >= 4 is 21.6 Å². The van der Waals surface area contributed by atoms with Gasteiger partial charge < -0.3 is 15.5 Å². The second-order valence-electron chi connectivity index (χ2n) is 6.26. The van der Waals surface area contributed by atoms with Crippen molar-refractivity contribution in [1.29, 1.82) is 0 Å². The molecule has 7 nitrogen and oxygen atoms in total. The van der Waals surface area contributed by atoms with Gasteiger partial charge in [-0.2, -0.15) is 4.31 Å². The van der Waals surface area contributed by atoms with Crippen molar-refractivity contribution in [2.75, 3.05) is 18.4 Å². The highest BCUT2D eigenvalue weighted by Crippen LogP contribution is 2.30. The van der Waals surface area contributed by atoms with Crippen LogP contribution in [0.15, 0.2) is 41.3 Å². The lowest BCUT2D eigenvalue weighted by Crippen LogP contribution is -2.28. The zero-order valence-corrected chi connectivity index (χ0v) is 15.1. The Balaban J connectivity index is 1.91. The molecule has 1 heterocycles. The van der Waals surface area contributed by atoms with E-state index in [2.05, 4.69) is 5.32 Å². The molecule has 1 saturated heterocycles. The van der Waals surface area contributed by atoms with Gasteiger partial charge in [0.15, 0.2) is 0 Å². The molecule has 0 bridgehead atoms. The summed E-state index contributed by atoms with van der Waals surface area (Å²) in [6, 6.07) is 8.34. The number of phenolic OH excluding ortho intramolecular Hbond substituents is 2. The number of hydrogen-bond acceptors (Lipinski definition) is 5. The number of nitrogens with one attached hydrogen (secondary N) is 1. The lowest BCUT2D eigenvalue weighted by atomic mass is 10.1. The summed E-state index contributed by atoms with van der Waals surface area (Å²) in [4.78, 5) is 12.4. The van der Waals surface area contributed by atoms with Crippen LogP contribution in [0.5, 0.6) is 11.5 Å². The summed E-state index contributed by atoms with van der Waals surface area (Å²) >= 11 is 0. The van der Waals surface area contributed by atoms with Gasteiger partial charge in [-0.05, 0) is 50.1 Å². The van der Waals surface area contributed by atoms with Crippen LogP contribution in [0.1, 0.15) is 28.8 Å². The third-order valence-corrected chi connectivity index (χ3v) is 6.21. The molecule has 0 unspecified atom stereocenters. The van der Waals surface area contributed by atoms with Crippen LogP contribution in [-0.4, -0.2) is 41.9 Å². The Morgan fingerprint density at radius 1 is 1.04 bits per heavy atom. The van der Waals surface area contributed by atoms with Gasteiger partial charge in [0.05, 0.1) is 16.1 Å². The van der Waals surface area contributed by atoms with Gasteiger partial charge in [0, 0.05) is 13.1 Å². The average molecular weight is 376 g/mol. The van der Waals surface area contributed by atoms with Crippen molar-refractivity contribution in [2.45, 2.75) is 24.7 Å². The van der Waals surface area contributed by atoms with Crippen LogP contribution in [0.3, 0.4) is 0 Å². The lowest BCUT2D eigenvalue weighted by molar-refractivity contribution is 0.102. The van der Waals surface area contributed by atoms with Gasteiger partial charge >= 0.3 is 0 Å². The predicted octanol–water partition coefficient (Wildman–Crippen LogP) is 2.44. The molecular weight excluding hydrogens is 356 g/mol. The molecule has 138 valence electrons. The Morgan fingerprint density at radius 2 is 1.69 bits per heavy atom. The fourth-order valence-electron chi connectivity index (χ4n) is 2.87. The molecule has 26 heavy (non-hydrogen) atoms. The fourth-order valence-corrected chi connectivity index (χ4v) is 4.42. The molecule has 0 saturated carbocycles. The number of anilines is 1. The van der Waals surface area contributed by atoms with Crippen LogP contribution in [0.2, 0.25) is 0 Å². The summed E-state index contributed by atoms with van der Waals surface area (Å²) in [5.41, 5.74) is 0.788. The number of phenols is 2. The molecule has 1 fully saturated rings. The van der Waals surface area contributed by atoms with Crippen LogP contribution in [0.25, 0.3) is 0 Å². The standard InChI is InChI=1S/C18H20N2O5S/c1-12-4-6-16(21)14(10-12)18(23)19-15-11-13(5-7-17(15)22)26(24,25)20-8-2-3-9-20/h4-7,10-11,21-22H,2-3,8-9H2,1H3,(H,19,23). The first-order chi connectivity index (χ1) is 12.3. The lowest BCUT2D eigenvalue weighted by Gasteiger charge is -2.17. The maximum absolute atomic E-state index is 12.6. The summed E-state index contributed by atoms with van der Waals surface area (Å²) in [5, 5.41) is 22.3. The minimum atomic E-state index is -3.67. The Bertz CT molecular complexity index is 950. The van der Waals surface area contributed by atoms with E-state index < -0.39 is 15.9 Å². The van der Waals surface area contributed by atoms with E-state index >= 15 is 0 Å². The Hall–Kier alpha value is -2.58. The molecule has 0 aliphatic carbocycles. The van der Waals surface area contributed by atoms with Gasteiger partial charge in [-0.3, -0.25) is 4.79 Å². The van der Waals surface area contributed by atoms with Crippen molar-refractivity contribution < 1.29 is 23.4 Å². The first kappa shape index (κ1) is 18.2. The monoisotopic (exact) mass is 376 g/mol. The summed E-state index contributed by atoms with van der Waals surface area (Å²) in [6.07, 6.45) is 1.63. The van der Waals surface area contributed by atoms with Crippen LogP contribution < -0.4 is 5.32 Å². The van der Waals surface area contributed by atoms with Crippen LogP contribution >= 0.6 is 0 Å². The average Bonchev–Trinajstić information content (AvgIpc) is 3.14. The Kier molecular flexibility index (Phi) is 4.88. The number of sulfonamides is 1. The van der Waals surface area contributed by atoms with E-state index in [0.717, 1.165) is 18.4 Å². The molecule has 1 amide bonds. The van der Waals surface area contributed by atoms with Gasteiger partial charge in [0.1, 0.15) is 11.5 Å². The zero-order chi connectivity index (χ0) is 18.9. The zero-order valence-electron chi connectivity index (χ0n) is 14.3. The van der Waals surface area contributed by atoms with Crippen molar-refractivity contribution in [2.24, 2.45) is 0 Å². The van der Waals surface area contributed by atoms with E-state index in [1.165, 1.54) is 34.6 Å². The molecule has 2 aromatic carbocycles. The highest BCUT2D eigenvalue weighted by molar-refractivity contribution is 7.89. The summed E-state index contributed by atoms with van der Waals surface area (Å²) in [6.45, 7) is 2.70. The number of aromatic hydroxyl groups is 2. The molecule has 1 aliphatic heterocycles. The van der Waals surface area contributed by atoms with E-state index in [1.54, 1.807) is 13.0 Å². The molecule has 3 N–H and O–H groups in total. The molecule has 0 spiro atoms. The van der Waals surface area contributed by atoms with Crippen molar-refractivity contribution in [3.63, 3.8) is 0 Å². The molecule has 0 radical (unpaired) electrons. The van der Waals surface area contributed by atoms with Crippen molar-refractivity contribution in [1.82, 2.24) is 4.31 Å². The number of aryl methyl sites for hydroxylation is 1. The predicted molar refractivity (Wildman–Crippen MR) is 96.9 cm³/mol. The highest BCUT2D eigenvalue weighted by atomic mass is 32.2. The van der Waals surface area contributed by atoms with Gasteiger partial charge in [-0.15, -0.1) is 0 Å². The van der Waals surface area contributed by atoms with E-state index in [4.69, 9.17) is 0 Å². The summed E-state index contributed by atoms with van der Waals surface area (Å²) in [7, 11) is -3.67. The Labute approximate surface area is 151 Å². The SMILES string of the molecule is Cc1ccc(O)c(C(=O)Nc2cc(S(=O)(=O)N3CCCC3)ccc2O)c1. The molecule has 8 heteroatoms. The van der Waals surface area contributed by atoms with Crippen molar-refractivity contribution in [3.05, 3.63) is 47.5 Å². The summed E-state index contributed by atoms with van der Waals surface area (Å²) in [5.74, 6) is -1.10. The molecule has 2 aromatic rings. The maximum atomic E-state index is 12.6. The smallest absolute Gasteiger partial charge is 0.259 e. The quantitative estimate of drug-likeness (QED) is 0.711. The largest absolute Gasteiger partial charge is 0.507 e. The van der Waals surface area contributed by atoms with Crippen LogP contribution in [0.4, 0.5) is 5.69 Å². The molecule has 0 atom stereocenters. The van der Waals surface area contributed by atoms with Crippen LogP contribution in [-0.2, 0) is 10.0 Å². The number of amides is 1. The number of benzene rings is 2. The molecule has 0 aromatic heterocycles. The van der Waals surface area contributed by atoms with Gasteiger partial charge in [-0.1, -0.05) is 11.6 Å². The first-order valence-electron chi connectivity index (χ1n) is 8.23.